The van der Waals surface area contributed by atoms with Gasteiger partial charge in [0.15, 0.2) is 0 Å². The number of pyridine rings is 2. The third-order valence-electron chi connectivity index (χ3n) is 1.81. The smallest absolute Gasteiger partial charge is 0.337 e. The molecule has 0 saturated heterocycles. The predicted octanol–water partition coefficient (Wildman–Crippen LogP) is 2.09. The second kappa shape index (κ2) is 3.34. The molecule has 2 aromatic heterocycles. The van der Waals surface area contributed by atoms with E-state index in [1.54, 1.807) is 18.5 Å². The molecule has 0 fully saturated rings. The lowest BCUT2D eigenvalue weighted by Gasteiger charge is -1.99. The highest BCUT2D eigenvalue weighted by atomic mass is 79.9. The number of hydrogen-bond acceptors (Lipinski definition) is 3. The molecule has 2 rings (SSSR count). The summed E-state index contributed by atoms with van der Waals surface area (Å²) in [7, 11) is 0. The maximum Gasteiger partial charge on any atom is 0.337 e. The van der Waals surface area contributed by atoms with E-state index in [0.717, 1.165) is 9.86 Å². The maximum atomic E-state index is 10.7. The van der Waals surface area contributed by atoms with E-state index in [1.807, 2.05) is 0 Å². The minimum absolute atomic E-state index is 0.171. The normalized spacial score (nSPS) is 10.4. The Morgan fingerprint density at radius 2 is 2.14 bits per heavy atom. The fourth-order valence-corrected chi connectivity index (χ4v) is 1.57. The van der Waals surface area contributed by atoms with E-state index in [0.29, 0.717) is 5.52 Å². The van der Waals surface area contributed by atoms with E-state index in [4.69, 9.17) is 5.11 Å². The van der Waals surface area contributed by atoms with Crippen molar-refractivity contribution in [1.82, 2.24) is 9.97 Å². The van der Waals surface area contributed by atoms with Crippen LogP contribution in [0.5, 0.6) is 0 Å². The SMILES string of the molecule is O=C(O)c1cnc2cncc(Br)c2c1. The Morgan fingerprint density at radius 3 is 2.86 bits per heavy atom. The number of carboxylic acids is 1. The molecule has 0 radical (unpaired) electrons. The first kappa shape index (κ1) is 9.08. The molecule has 0 spiro atoms. The molecule has 0 amide bonds. The summed E-state index contributed by atoms with van der Waals surface area (Å²) in [5.41, 5.74) is 0.841. The quantitative estimate of drug-likeness (QED) is 0.845. The van der Waals surface area contributed by atoms with Gasteiger partial charge in [0, 0.05) is 22.3 Å². The van der Waals surface area contributed by atoms with Crippen molar-refractivity contribution < 1.29 is 9.90 Å². The topological polar surface area (TPSA) is 63.1 Å². The molecule has 0 unspecified atom stereocenters. The predicted molar refractivity (Wildman–Crippen MR) is 54.2 cm³/mol. The Morgan fingerprint density at radius 1 is 1.36 bits per heavy atom. The molecule has 5 heteroatoms. The molecule has 0 saturated carbocycles. The van der Waals surface area contributed by atoms with Gasteiger partial charge in [-0.05, 0) is 22.0 Å². The zero-order chi connectivity index (χ0) is 10.1. The molecule has 0 aromatic carbocycles. The second-order valence-electron chi connectivity index (χ2n) is 2.72. The zero-order valence-corrected chi connectivity index (χ0v) is 8.52. The Labute approximate surface area is 87.7 Å². The average Bonchev–Trinajstić information content (AvgIpc) is 2.18. The van der Waals surface area contributed by atoms with E-state index in [1.165, 1.54) is 6.20 Å². The van der Waals surface area contributed by atoms with Crippen molar-refractivity contribution >= 4 is 32.8 Å². The minimum atomic E-state index is -0.983. The van der Waals surface area contributed by atoms with Gasteiger partial charge in [-0.1, -0.05) is 0 Å². The summed E-state index contributed by atoms with van der Waals surface area (Å²) < 4.78 is 0.741. The van der Waals surface area contributed by atoms with E-state index < -0.39 is 5.97 Å². The number of hydrogen-bond donors (Lipinski definition) is 1. The van der Waals surface area contributed by atoms with Crippen LogP contribution in [0.3, 0.4) is 0 Å². The van der Waals surface area contributed by atoms with E-state index in [9.17, 15) is 4.79 Å². The van der Waals surface area contributed by atoms with Gasteiger partial charge in [0.1, 0.15) is 0 Å². The van der Waals surface area contributed by atoms with Crippen LogP contribution in [0.15, 0.2) is 29.1 Å². The average molecular weight is 253 g/mol. The molecule has 0 aliphatic heterocycles. The second-order valence-corrected chi connectivity index (χ2v) is 3.57. The number of nitrogens with zero attached hydrogens (tertiary/aromatic N) is 2. The summed E-state index contributed by atoms with van der Waals surface area (Å²) in [5.74, 6) is -0.983. The Bertz CT molecular complexity index is 513. The highest BCUT2D eigenvalue weighted by Crippen LogP contribution is 2.21. The molecular formula is C9H5BrN2O2. The number of aromatic nitrogens is 2. The molecule has 4 nitrogen and oxygen atoms in total. The van der Waals surface area contributed by atoms with Crippen LogP contribution in [-0.4, -0.2) is 21.0 Å². The van der Waals surface area contributed by atoms with Crippen LogP contribution in [0.25, 0.3) is 10.9 Å². The molecule has 2 aromatic rings. The first-order chi connectivity index (χ1) is 6.68. The minimum Gasteiger partial charge on any atom is -0.478 e. The number of fused-ring (bicyclic) bond motifs is 1. The largest absolute Gasteiger partial charge is 0.478 e. The standard InChI is InChI=1S/C9H5BrN2O2/c10-7-3-11-4-8-6(7)1-5(2-12-8)9(13)14/h1-4H,(H,13,14). The maximum absolute atomic E-state index is 10.7. The van der Waals surface area contributed by atoms with Crippen molar-refractivity contribution in [2.24, 2.45) is 0 Å². The molecule has 2 heterocycles. The van der Waals surface area contributed by atoms with Crippen LogP contribution in [-0.2, 0) is 0 Å². The Balaban J connectivity index is 2.76. The first-order valence-electron chi connectivity index (χ1n) is 3.81. The van der Waals surface area contributed by atoms with Gasteiger partial charge in [-0.3, -0.25) is 9.97 Å². The number of carboxylic acid groups (broad SMARTS) is 1. The number of carbonyl (C=O) groups is 1. The molecule has 1 N–H and O–H groups in total. The van der Waals surface area contributed by atoms with Gasteiger partial charge in [-0.25, -0.2) is 4.79 Å². The van der Waals surface area contributed by atoms with Crippen molar-refractivity contribution in [2.45, 2.75) is 0 Å². The summed E-state index contributed by atoms with van der Waals surface area (Å²) in [6.45, 7) is 0. The monoisotopic (exact) mass is 252 g/mol. The molecular weight excluding hydrogens is 248 g/mol. The lowest BCUT2D eigenvalue weighted by molar-refractivity contribution is 0.0696. The van der Waals surface area contributed by atoms with Gasteiger partial charge in [-0.15, -0.1) is 0 Å². The van der Waals surface area contributed by atoms with Gasteiger partial charge in [-0.2, -0.15) is 0 Å². The number of aromatic carboxylic acids is 1. The van der Waals surface area contributed by atoms with E-state index in [-0.39, 0.29) is 5.56 Å². The molecule has 0 atom stereocenters. The fourth-order valence-electron chi connectivity index (χ4n) is 1.13. The first-order valence-corrected chi connectivity index (χ1v) is 4.60. The van der Waals surface area contributed by atoms with E-state index >= 15 is 0 Å². The van der Waals surface area contributed by atoms with Crippen molar-refractivity contribution in [3.05, 3.63) is 34.7 Å². The summed E-state index contributed by atoms with van der Waals surface area (Å²) in [4.78, 5) is 18.6. The lowest BCUT2D eigenvalue weighted by Crippen LogP contribution is -1.97. The summed E-state index contributed by atoms with van der Waals surface area (Å²) in [5, 5.41) is 9.51. The van der Waals surface area contributed by atoms with Crippen LogP contribution in [0.4, 0.5) is 0 Å². The van der Waals surface area contributed by atoms with Crippen molar-refractivity contribution in [3.8, 4) is 0 Å². The molecule has 0 aliphatic carbocycles. The van der Waals surface area contributed by atoms with Crippen molar-refractivity contribution in [1.29, 1.82) is 0 Å². The van der Waals surface area contributed by atoms with Crippen LogP contribution in [0.1, 0.15) is 10.4 Å². The third kappa shape index (κ3) is 1.46. The molecule has 0 aliphatic rings. The van der Waals surface area contributed by atoms with Gasteiger partial charge < -0.3 is 5.11 Å². The molecule has 14 heavy (non-hydrogen) atoms. The molecule has 70 valence electrons. The number of halogens is 1. The number of rotatable bonds is 1. The third-order valence-corrected chi connectivity index (χ3v) is 2.44. The summed E-state index contributed by atoms with van der Waals surface area (Å²) >= 11 is 3.28. The van der Waals surface area contributed by atoms with Crippen LogP contribution in [0.2, 0.25) is 0 Å². The zero-order valence-electron chi connectivity index (χ0n) is 6.94. The Hall–Kier alpha value is -1.49. The van der Waals surface area contributed by atoms with Crippen LogP contribution in [0, 0.1) is 0 Å². The van der Waals surface area contributed by atoms with Gasteiger partial charge in [0.2, 0.25) is 0 Å². The lowest BCUT2D eigenvalue weighted by atomic mass is 10.2. The van der Waals surface area contributed by atoms with E-state index in [2.05, 4.69) is 25.9 Å². The van der Waals surface area contributed by atoms with Gasteiger partial charge in [0.05, 0.1) is 17.3 Å². The van der Waals surface area contributed by atoms with Gasteiger partial charge >= 0.3 is 5.97 Å². The Kier molecular flexibility index (Phi) is 2.17. The highest BCUT2D eigenvalue weighted by molar-refractivity contribution is 9.10. The van der Waals surface area contributed by atoms with Gasteiger partial charge in [0.25, 0.3) is 0 Å². The van der Waals surface area contributed by atoms with Crippen LogP contribution < -0.4 is 0 Å². The summed E-state index contributed by atoms with van der Waals surface area (Å²) in [6.07, 6.45) is 4.51. The summed E-state index contributed by atoms with van der Waals surface area (Å²) in [6, 6.07) is 1.57. The van der Waals surface area contributed by atoms with Crippen molar-refractivity contribution in [3.63, 3.8) is 0 Å². The van der Waals surface area contributed by atoms with Crippen molar-refractivity contribution in [2.75, 3.05) is 0 Å². The highest BCUT2D eigenvalue weighted by Gasteiger charge is 2.06. The fraction of sp³-hybridized carbons (Fsp3) is 0. The van der Waals surface area contributed by atoms with Crippen LogP contribution >= 0.6 is 15.9 Å². The molecule has 0 bridgehead atoms.